The fourth-order valence-corrected chi connectivity index (χ4v) is 1.95. The maximum Gasteiger partial charge on any atom is 0.326 e. The zero-order valence-corrected chi connectivity index (χ0v) is 9.82. The second kappa shape index (κ2) is 5.72. The SMILES string of the molecule is CCCC(NC(=O)NC1CC(C)C1)C(=O)O. The first-order valence-electron chi connectivity index (χ1n) is 5.82. The van der Waals surface area contributed by atoms with Crippen LogP contribution in [-0.4, -0.2) is 29.2 Å². The van der Waals surface area contributed by atoms with Crippen molar-refractivity contribution in [3.8, 4) is 0 Å². The lowest BCUT2D eigenvalue weighted by molar-refractivity contribution is -0.139. The summed E-state index contributed by atoms with van der Waals surface area (Å²) >= 11 is 0. The average Bonchev–Trinajstić information content (AvgIpc) is 2.14. The Labute approximate surface area is 95.6 Å². The molecule has 1 unspecified atom stereocenters. The fourth-order valence-electron chi connectivity index (χ4n) is 1.95. The molecule has 5 nitrogen and oxygen atoms in total. The van der Waals surface area contributed by atoms with Gasteiger partial charge in [0.1, 0.15) is 6.04 Å². The summed E-state index contributed by atoms with van der Waals surface area (Å²) in [5.74, 6) is -0.310. The standard InChI is InChI=1S/C11H20N2O3/c1-3-4-9(10(14)15)13-11(16)12-8-5-7(2)6-8/h7-9H,3-6H2,1-2H3,(H,14,15)(H2,12,13,16). The first kappa shape index (κ1) is 12.8. The Balaban J connectivity index is 2.28. The van der Waals surface area contributed by atoms with Gasteiger partial charge in [0.2, 0.25) is 0 Å². The highest BCUT2D eigenvalue weighted by Crippen LogP contribution is 2.25. The number of carbonyl (C=O) groups excluding carboxylic acids is 1. The first-order valence-corrected chi connectivity index (χ1v) is 5.82. The number of aliphatic carboxylic acids is 1. The monoisotopic (exact) mass is 228 g/mol. The van der Waals surface area contributed by atoms with Crippen LogP contribution >= 0.6 is 0 Å². The molecule has 2 amide bonds. The van der Waals surface area contributed by atoms with Crippen LogP contribution in [0.25, 0.3) is 0 Å². The van der Waals surface area contributed by atoms with Gasteiger partial charge in [0, 0.05) is 6.04 Å². The van der Waals surface area contributed by atoms with Crippen LogP contribution < -0.4 is 10.6 Å². The minimum atomic E-state index is -0.973. The molecule has 0 saturated heterocycles. The summed E-state index contributed by atoms with van der Waals surface area (Å²) < 4.78 is 0. The van der Waals surface area contributed by atoms with Gasteiger partial charge in [-0.2, -0.15) is 0 Å². The van der Waals surface area contributed by atoms with Crippen LogP contribution in [-0.2, 0) is 4.79 Å². The van der Waals surface area contributed by atoms with Crippen LogP contribution in [0, 0.1) is 5.92 Å². The highest BCUT2D eigenvalue weighted by atomic mass is 16.4. The van der Waals surface area contributed by atoms with Crippen LogP contribution in [0.1, 0.15) is 39.5 Å². The van der Waals surface area contributed by atoms with E-state index in [0.29, 0.717) is 12.3 Å². The predicted molar refractivity (Wildman–Crippen MR) is 60.2 cm³/mol. The number of carbonyl (C=O) groups is 2. The van der Waals surface area contributed by atoms with Crippen LogP contribution in [0.15, 0.2) is 0 Å². The predicted octanol–water partition coefficient (Wildman–Crippen LogP) is 1.34. The first-order chi connectivity index (χ1) is 7.52. The minimum absolute atomic E-state index is 0.214. The lowest BCUT2D eigenvalue weighted by Crippen LogP contribution is -2.52. The van der Waals surface area contributed by atoms with Crippen molar-refractivity contribution in [1.82, 2.24) is 10.6 Å². The Kier molecular flexibility index (Phi) is 4.58. The highest BCUT2D eigenvalue weighted by Gasteiger charge is 2.27. The highest BCUT2D eigenvalue weighted by molar-refractivity contribution is 5.82. The fraction of sp³-hybridized carbons (Fsp3) is 0.818. The molecule has 1 atom stereocenters. The molecule has 1 aliphatic carbocycles. The Bertz CT molecular complexity index is 262. The second-order valence-electron chi connectivity index (χ2n) is 4.57. The molecule has 0 radical (unpaired) electrons. The second-order valence-corrected chi connectivity index (χ2v) is 4.57. The van der Waals surface area contributed by atoms with Crippen LogP contribution in [0.4, 0.5) is 4.79 Å². The van der Waals surface area contributed by atoms with Crippen molar-refractivity contribution in [3.05, 3.63) is 0 Å². The number of hydrogen-bond acceptors (Lipinski definition) is 2. The van der Waals surface area contributed by atoms with Gasteiger partial charge in [-0.25, -0.2) is 9.59 Å². The van der Waals surface area contributed by atoms with Gasteiger partial charge in [-0.05, 0) is 25.2 Å². The lowest BCUT2D eigenvalue weighted by atomic mass is 9.82. The molecule has 0 bridgehead atoms. The number of urea groups is 1. The summed E-state index contributed by atoms with van der Waals surface area (Å²) in [6.07, 6.45) is 3.17. The largest absolute Gasteiger partial charge is 0.480 e. The van der Waals surface area contributed by atoms with Gasteiger partial charge >= 0.3 is 12.0 Å². The molecular weight excluding hydrogens is 208 g/mol. The van der Waals surface area contributed by atoms with Crippen LogP contribution in [0.3, 0.4) is 0 Å². The van der Waals surface area contributed by atoms with Crippen LogP contribution in [0.5, 0.6) is 0 Å². The van der Waals surface area contributed by atoms with Crippen molar-refractivity contribution in [2.24, 2.45) is 5.92 Å². The molecule has 1 rings (SSSR count). The molecule has 5 heteroatoms. The van der Waals surface area contributed by atoms with E-state index >= 15 is 0 Å². The van der Waals surface area contributed by atoms with Crippen molar-refractivity contribution in [2.75, 3.05) is 0 Å². The van der Waals surface area contributed by atoms with Gasteiger partial charge in [0.05, 0.1) is 0 Å². The summed E-state index contributed by atoms with van der Waals surface area (Å²) in [7, 11) is 0. The van der Waals surface area contributed by atoms with E-state index < -0.39 is 12.0 Å². The van der Waals surface area contributed by atoms with E-state index in [1.807, 2.05) is 6.92 Å². The number of amides is 2. The number of carboxylic acids is 1. The number of nitrogens with one attached hydrogen (secondary N) is 2. The Morgan fingerprint density at radius 2 is 2.06 bits per heavy atom. The van der Waals surface area contributed by atoms with Crippen molar-refractivity contribution in [3.63, 3.8) is 0 Å². The maximum absolute atomic E-state index is 11.5. The molecule has 1 aliphatic rings. The van der Waals surface area contributed by atoms with Gasteiger partial charge in [0.15, 0.2) is 0 Å². The quantitative estimate of drug-likeness (QED) is 0.664. The third-order valence-electron chi connectivity index (χ3n) is 2.89. The van der Waals surface area contributed by atoms with Gasteiger partial charge in [-0.3, -0.25) is 0 Å². The third kappa shape index (κ3) is 3.72. The van der Waals surface area contributed by atoms with E-state index in [1.54, 1.807) is 0 Å². The van der Waals surface area contributed by atoms with Crippen molar-refractivity contribution < 1.29 is 14.7 Å². The Morgan fingerprint density at radius 1 is 1.44 bits per heavy atom. The molecule has 0 heterocycles. The van der Waals surface area contributed by atoms with E-state index in [4.69, 9.17) is 5.11 Å². The zero-order chi connectivity index (χ0) is 12.1. The summed E-state index contributed by atoms with van der Waals surface area (Å²) in [4.78, 5) is 22.3. The Hall–Kier alpha value is -1.26. The number of carboxylic acid groups (broad SMARTS) is 1. The molecule has 0 aromatic heterocycles. The topological polar surface area (TPSA) is 78.4 Å². The number of rotatable bonds is 5. The molecule has 3 N–H and O–H groups in total. The molecule has 16 heavy (non-hydrogen) atoms. The van der Waals surface area contributed by atoms with E-state index in [0.717, 1.165) is 19.3 Å². The third-order valence-corrected chi connectivity index (χ3v) is 2.89. The van der Waals surface area contributed by atoms with Gasteiger partial charge in [-0.15, -0.1) is 0 Å². The summed E-state index contributed by atoms with van der Waals surface area (Å²) in [6.45, 7) is 4.02. The van der Waals surface area contributed by atoms with Crippen molar-refractivity contribution >= 4 is 12.0 Å². The molecule has 0 spiro atoms. The van der Waals surface area contributed by atoms with Gasteiger partial charge in [-0.1, -0.05) is 20.3 Å². The van der Waals surface area contributed by atoms with E-state index in [-0.39, 0.29) is 12.1 Å². The summed E-state index contributed by atoms with van der Waals surface area (Å²) in [6, 6.07) is -0.925. The van der Waals surface area contributed by atoms with Crippen molar-refractivity contribution in [1.29, 1.82) is 0 Å². The average molecular weight is 228 g/mol. The minimum Gasteiger partial charge on any atom is -0.480 e. The van der Waals surface area contributed by atoms with Crippen LogP contribution in [0.2, 0.25) is 0 Å². The maximum atomic E-state index is 11.5. The van der Waals surface area contributed by atoms with Crippen molar-refractivity contribution in [2.45, 2.75) is 51.6 Å². The smallest absolute Gasteiger partial charge is 0.326 e. The lowest BCUT2D eigenvalue weighted by Gasteiger charge is -2.33. The van der Waals surface area contributed by atoms with Gasteiger partial charge < -0.3 is 15.7 Å². The normalized spacial score (nSPS) is 25.4. The van der Waals surface area contributed by atoms with E-state index in [9.17, 15) is 9.59 Å². The number of hydrogen-bond donors (Lipinski definition) is 3. The summed E-state index contributed by atoms with van der Waals surface area (Å²) in [5, 5.41) is 14.1. The van der Waals surface area contributed by atoms with E-state index in [2.05, 4.69) is 17.6 Å². The molecule has 0 aromatic carbocycles. The molecule has 92 valence electrons. The molecule has 0 aromatic rings. The van der Waals surface area contributed by atoms with Gasteiger partial charge in [0.25, 0.3) is 0 Å². The molecule has 1 fully saturated rings. The summed E-state index contributed by atoms with van der Waals surface area (Å²) in [5.41, 5.74) is 0. The molecule has 0 aliphatic heterocycles. The zero-order valence-electron chi connectivity index (χ0n) is 9.82. The van der Waals surface area contributed by atoms with E-state index in [1.165, 1.54) is 0 Å². The molecular formula is C11H20N2O3. The Morgan fingerprint density at radius 3 is 2.50 bits per heavy atom. The molecule has 1 saturated carbocycles.